The number of anilines is 1. The third-order valence-electron chi connectivity index (χ3n) is 5.19. The Kier molecular flexibility index (Phi) is 6.66. The first-order chi connectivity index (χ1) is 14.9. The van der Waals surface area contributed by atoms with E-state index in [2.05, 4.69) is 15.5 Å². The number of benzene rings is 2. The molecular weight excluding hydrogens is 456 g/mol. The van der Waals surface area contributed by atoms with E-state index in [0.29, 0.717) is 41.6 Å². The number of amides is 1. The minimum absolute atomic E-state index is 0.142. The number of hydrogen-bond donors (Lipinski definition) is 1. The fraction of sp³-hybridized carbons (Fsp3) is 0.286. The minimum Gasteiger partial charge on any atom is -0.300 e. The molecule has 1 amide bonds. The SMILES string of the molecule is O=C(Nc1nnc(-c2ccccc2)s1)C1CCN(S(=O)(=O)Cc2ccccc2Cl)CC1. The molecule has 1 saturated heterocycles. The van der Waals surface area contributed by atoms with Crippen LogP contribution >= 0.6 is 22.9 Å². The third kappa shape index (κ3) is 5.30. The normalized spacial score (nSPS) is 15.6. The van der Waals surface area contributed by atoms with Crippen LogP contribution in [0.1, 0.15) is 18.4 Å². The quantitative estimate of drug-likeness (QED) is 0.579. The van der Waals surface area contributed by atoms with Gasteiger partial charge in [0.2, 0.25) is 21.1 Å². The molecule has 0 bridgehead atoms. The molecule has 0 aliphatic carbocycles. The van der Waals surface area contributed by atoms with Gasteiger partial charge in [-0.25, -0.2) is 12.7 Å². The highest BCUT2D eigenvalue weighted by molar-refractivity contribution is 7.88. The maximum absolute atomic E-state index is 12.8. The molecule has 2 aromatic carbocycles. The molecule has 1 N–H and O–H groups in total. The van der Waals surface area contributed by atoms with Gasteiger partial charge in [-0.05, 0) is 24.5 Å². The zero-order chi connectivity index (χ0) is 21.8. The number of carbonyl (C=O) groups excluding carboxylic acids is 1. The summed E-state index contributed by atoms with van der Waals surface area (Å²) >= 11 is 7.42. The van der Waals surface area contributed by atoms with Crippen LogP contribution in [-0.2, 0) is 20.6 Å². The summed E-state index contributed by atoms with van der Waals surface area (Å²) < 4.78 is 27.0. The van der Waals surface area contributed by atoms with Crippen molar-refractivity contribution in [2.75, 3.05) is 18.4 Å². The lowest BCUT2D eigenvalue weighted by atomic mass is 9.97. The molecule has 3 aromatic rings. The molecule has 0 unspecified atom stereocenters. The molecule has 0 spiro atoms. The van der Waals surface area contributed by atoms with E-state index in [1.165, 1.54) is 15.6 Å². The van der Waals surface area contributed by atoms with Crippen LogP contribution in [-0.4, -0.2) is 41.9 Å². The van der Waals surface area contributed by atoms with E-state index in [0.717, 1.165) is 10.6 Å². The highest BCUT2D eigenvalue weighted by Gasteiger charge is 2.31. The summed E-state index contributed by atoms with van der Waals surface area (Å²) in [4.78, 5) is 12.6. The Bertz CT molecular complexity index is 1160. The Hall–Kier alpha value is -2.33. The van der Waals surface area contributed by atoms with Gasteiger partial charge in [0.25, 0.3) is 0 Å². The predicted molar refractivity (Wildman–Crippen MR) is 122 cm³/mol. The second-order valence-corrected chi connectivity index (χ2v) is 10.6. The molecule has 10 heteroatoms. The summed E-state index contributed by atoms with van der Waals surface area (Å²) in [7, 11) is -3.50. The van der Waals surface area contributed by atoms with E-state index >= 15 is 0 Å². The van der Waals surface area contributed by atoms with Gasteiger partial charge in [-0.2, -0.15) is 0 Å². The first-order valence-corrected chi connectivity index (χ1v) is 12.6. The van der Waals surface area contributed by atoms with Gasteiger partial charge in [0, 0.05) is 29.6 Å². The van der Waals surface area contributed by atoms with Crippen molar-refractivity contribution in [2.45, 2.75) is 18.6 Å². The lowest BCUT2D eigenvalue weighted by molar-refractivity contribution is -0.120. The summed E-state index contributed by atoms with van der Waals surface area (Å²) in [5, 5.41) is 12.6. The number of halogens is 1. The lowest BCUT2D eigenvalue weighted by Gasteiger charge is -2.30. The van der Waals surface area contributed by atoms with Gasteiger partial charge in [-0.3, -0.25) is 4.79 Å². The van der Waals surface area contributed by atoms with E-state index < -0.39 is 10.0 Å². The van der Waals surface area contributed by atoms with Crippen LogP contribution in [0, 0.1) is 5.92 Å². The van der Waals surface area contributed by atoms with Crippen molar-refractivity contribution < 1.29 is 13.2 Å². The van der Waals surface area contributed by atoms with Crippen molar-refractivity contribution in [3.8, 4) is 10.6 Å². The van der Waals surface area contributed by atoms with Crippen molar-refractivity contribution in [2.24, 2.45) is 5.92 Å². The van der Waals surface area contributed by atoms with Crippen molar-refractivity contribution in [3.05, 3.63) is 65.2 Å². The summed E-state index contributed by atoms with van der Waals surface area (Å²) in [6.07, 6.45) is 0.913. The number of nitrogens with zero attached hydrogens (tertiary/aromatic N) is 3. The first kappa shape index (κ1) is 21.9. The van der Waals surface area contributed by atoms with E-state index in [1.54, 1.807) is 24.3 Å². The number of aromatic nitrogens is 2. The van der Waals surface area contributed by atoms with Crippen LogP contribution in [0.3, 0.4) is 0 Å². The Labute approximate surface area is 190 Å². The van der Waals surface area contributed by atoms with Gasteiger partial charge >= 0.3 is 0 Å². The highest BCUT2D eigenvalue weighted by atomic mass is 35.5. The number of carbonyl (C=O) groups is 1. The third-order valence-corrected chi connectivity index (χ3v) is 8.27. The van der Waals surface area contributed by atoms with Gasteiger partial charge in [0.15, 0.2) is 0 Å². The Morgan fingerprint density at radius 2 is 1.74 bits per heavy atom. The molecule has 31 heavy (non-hydrogen) atoms. The smallest absolute Gasteiger partial charge is 0.229 e. The molecule has 7 nitrogen and oxygen atoms in total. The molecule has 4 rings (SSSR count). The number of sulfonamides is 1. The Morgan fingerprint density at radius 1 is 1.06 bits per heavy atom. The van der Waals surface area contributed by atoms with Gasteiger partial charge < -0.3 is 5.32 Å². The van der Waals surface area contributed by atoms with Crippen LogP contribution in [0.25, 0.3) is 10.6 Å². The minimum atomic E-state index is -3.50. The molecule has 1 aliphatic heterocycles. The van der Waals surface area contributed by atoms with E-state index in [-0.39, 0.29) is 17.6 Å². The lowest BCUT2D eigenvalue weighted by Crippen LogP contribution is -2.41. The van der Waals surface area contributed by atoms with Crippen LogP contribution in [0.5, 0.6) is 0 Å². The van der Waals surface area contributed by atoms with Gasteiger partial charge in [-0.1, -0.05) is 71.5 Å². The van der Waals surface area contributed by atoms with Crippen LogP contribution in [0.2, 0.25) is 5.02 Å². The molecule has 0 radical (unpaired) electrons. The molecule has 0 saturated carbocycles. The Balaban J connectivity index is 1.33. The van der Waals surface area contributed by atoms with E-state index in [4.69, 9.17) is 11.6 Å². The van der Waals surface area contributed by atoms with Crippen LogP contribution < -0.4 is 5.32 Å². The van der Waals surface area contributed by atoms with Crippen LogP contribution in [0.15, 0.2) is 54.6 Å². The second-order valence-electron chi connectivity index (χ2n) is 7.29. The number of piperidine rings is 1. The van der Waals surface area contributed by atoms with Gasteiger partial charge in [0.1, 0.15) is 5.01 Å². The topological polar surface area (TPSA) is 92.3 Å². The summed E-state index contributed by atoms with van der Waals surface area (Å²) in [6.45, 7) is 0.604. The molecule has 162 valence electrons. The van der Waals surface area contributed by atoms with Crippen molar-refractivity contribution in [1.29, 1.82) is 0 Å². The molecule has 1 aromatic heterocycles. The Morgan fingerprint density at radius 3 is 2.45 bits per heavy atom. The summed E-state index contributed by atoms with van der Waals surface area (Å²) in [5.41, 5.74) is 1.52. The number of rotatable bonds is 6. The summed E-state index contributed by atoms with van der Waals surface area (Å²) in [5.74, 6) is -0.564. The zero-order valence-corrected chi connectivity index (χ0v) is 19.0. The molecular formula is C21H21ClN4O3S2. The highest BCUT2D eigenvalue weighted by Crippen LogP contribution is 2.28. The van der Waals surface area contributed by atoms with Crippen LogP contribution in [0.4, 0.5) is 5.13 Å². The molecule has 0 atom stereocenters. The average molecular weight is 477 g/mol. The predicted octanol–water partition coefficient (Wildman–Crippen LogP) is 4.04. The van der Waals surface area contributed by atoms with Gasteiger partial charge in [-0.15, -0.1) is 10.2 Å². The maximum atomic E-state index is 12.8. The average Bonchev–Trinajstić information content (AvgIpc) is 3.24. The van der Waals surface area contributed by atoms with Gasteiger partial charge in [0.05, 0.1) is 5.75 Å². The zero-order valence-electron chi connectivity index (χ0n) is 16.6. The summed E-state index contributed by atoms with van der Waals surface area (Å²) in [6, 6.07) is 16.6. The molecule has 1 fully saturated rings. The van der Waals surface area contributed by atoms with Crippen molar-refractivity contribution >= 4 is 44.0 Å². The first-order valence-electron chi connectivity index (χ1n) is 9.83. The van der Waals surface area contributed by atoms with E-state index in [9.17, 15) is 13.2 Å². The largest absolute Gasteiger partial charge is 0.300 e. The monoisotopic (exact) mass is 476 g/mol. The van der Waals surface area contributed by atoms with Crippen molar-refractivity contribution in [3.63, 3.8) is 0 Å². The van der Waals surface area contributed by atoms with E-state index in [1.807, 2.05) is 30.3 Å². The fourth-order valence-electron chi connectivity index (χ4n) is 3.48. The maximum Gasteiger partial charge on any atom is 0.229 e. The molecule has 1 aliphatic rings. The second kappa shape index (κ2) is 9.44. The number of nitrogens with one attached hydrogen (secondary N) is 1. The van der Waals surface area contributed by atoms with Crippen molar-refractivity contribution in [1.82, 2.24) is 14.5 Å². The molecule has 2 heterocycles. The fourth-order valence-corrected chi connectivity index (χ4v) is 6.11. The standard InChI is InChI=1S/C21H21ClN4O3S2/c22-18-9-5-4-8-17(18)14-31(28,29)26-12-10-15(11-13-26)19(27)23-21-25-24-20(30-21)16-6-2-1-3-7-16/h1-9,15H,10-14H2,(H,23,25,27). The number of hydrogen-bond acceptors (Lipinski definition) is 6.